The summed E-state index contributed by atoms with van der Waals surface area (Å²) in [6.45, 7) is -0.284. The summed E-state index contributed by atoms with van der Waals surface area (Å²) in [6.07, 6.45) is 4.36. The topological polar surface area (TPSA) is 84.9 Å². The Hall–Kier alpha value is -2.29. The van der Waals surface area contributed by atoms with E-state index >= 15 is 0 Å². The fraction of sp³-hybridized carbons (Fsp3) is 0.409. The van der Waals surface area contributed by atoms with Gasteiger partial charge in [0.15, 0.2) is 0 Å². The fourth-order valence-corrected chi connectivity index (χ4v) is 5.76. The number of nitrogens with one attached hydrogen (secondary N) is 1. The van der Waals surface area contributed by atoms with E-state index in [4.69, 9.17) is 21.1 Å². The van der Waals surface area contributed by atoms with Crippen molar-refractivity contribution in [1.29, 1.82) is 0 Å². The van der Waals surface area contributed by atoms with Gasteiger partial charge in [0.05, 0.1) is 30.7 Å². The Labute approximate surface area is 188 Å². The molecule has 1 fully saturated rings. The summed E-state index contributed by atoms with van der Waals surface area (Å²) in [5.74, 6) is 0.574. The summed E-state index contributed by atoms with van der Waals surface area (Å²) in [5, 5.41) is 2.97. The lowest BCUT2D eigenvalue weighted by atomic mass is 9.95. The molecule has 1 amide bonds. The van der Waals surface area contributed by atoms with Gasteiger partial charge in [0.2, 0.25) is 15.9 Å². The molecule has 0 spiro atoms. The first kappa shape index (κ1) is 23.4. The third-order valence-corrected chi connectivity index (χ3v) is 7.55. The van der Waals surface area contributed by atoms with Gasteiger partial charge in [-0.25, -0.2) is 8.42 Å². The third-order valence-electron chi connectivity index (χ3n) is 5.36. The van der Waals surface area contributed by atoms with Crippen LogP contribution in [0.2, 0.25) is 5.02 Å². The molecule has 0 radical (unpaired) electrons. The van der Waals surface area contributed by atoms with Crippen molar-refractivity contribution >= 4 is 33.2 Å². The minimum Gasteiger partial charge on any atom is -0.497 e. The van der Waals surface area contributed by atoms with Gasteiger partial charge < -0.3 is 14.8 Å². The molecule has 0 heterocycles. The van der Waals surface area contributed by atoms with E-state index in [0.717, 1.165) is 32.1 Å². The van der Waals surface area contributed by atoms with Gasteiger partial charge >= 0.3 is 0 Å². The number of nitrogens with zero attached hydrogens (tertiary/aromatic N) is 1. The number of ether oxygens (including phenoxy) is 2. The molecule has 168 valence electrons. The average Bonchev–Trinajstić information content (AvgIpc) is 2.78. The summed E-state index contributed by atoms with van der Waals surface area (Å²) in [7, 11) is -0.936. The van der Waals surface area contributed by atoms with E-state index in [0.29, 0.717) is 17.2 Å². The van der Waals surface area contributed by atoms with Crippen LogP contribution in [-0.4, -0.2) is 45.4 Å². The molecule has 0 saturated heterocycles. The van der Waals surface area contributed by atoms with Gasteiger partial charge in [-0.3, -0.25) is 4.79 Å². The zero-order valence-corrected chi connectivity index (χ0v) is 19.2. The number of methoxy groups -OCH3 is 2. The van der Waals surface area contributed by atoms with E-state index in [1.165, 1.54) is 36.7 Å². The molecule has 0 aliphatic heterocycles. The van der Waals surface area contributed by atoms with E-state index < -0.39 is 15.9 Å². The molecule has 31 heavy (non-hydrogen) atoms. The first-order valence-electron chi connectivity index (χ1n) is 10.1. The average molecular weight is 467 g/mol. The van der Waals surface area contributed by atoms with Gasteiger partial charge in [-0.15, -0.1) is 0 Å². The molecule has 2 aromatic rings. The van der Waals surface area contributed by atoms with Crippen molar-refractivity contribution in [3.63, 3.8) is 0 Å². The van der Waals surface area contributed by atoms with Crippen LogP contribution in [0.25, 0.3) is 0 Å². The smallest absolute Gasteiger partial charge is 0.243 e. The molecular formula is C22H27ClN2O5S. The zero-order valence-electron chi connectivity index (χ0n) is 17.6. The number of carbonyl (C=O) groups excluding carboxylic acids is 1. The second-order valence-electron chi connectivity index (χ2n) is 7.42. The highest BCUT2D eigenvalue weighted by Gasteiger charge is 2.34. The van der Waals surface area contributed by atoms with Crippen LogP contribution in [0.5, 0.6) is 11.5 Å². The molecule has 0 aromatic heterocycles. The van der Waals surface area contributed by atoms with Gasteiger partial charge in [-0.05, 0) is 43.2 Å². The molecule has 0 atom stereocenters. The summed E-state index contributed by atoms with van der Waals surface area (Å²) >= 11 is 6.17. The number of carbonyl (C=O) groups is 1. The molecule has 1 aliphatic carbocycles. The normalized spacial score (nSPS) is 15.0. The van der Waals surface area contributed by atoms with Crippen LogP contribution in [0.15, 0.2) is 47.4 Å². The number of benzene rings is 2. The third kappa shape index (κ3) is 5.70. The number of anilines is 1. The van der Waals surface area contributed by atoms with Gasteiger partial charge in [0.25, 0.3) is 0 Å². The number of rotatable bonds is 8. The van der Waals surface area contributed by atoms with Crippen LogP contribution in [0.4, 0.5) is 5.69 Å². The van der Waals surface area contributed by atoms with Crippen molar-refractivity contribution in [2.24, 2.45) is 0 Å². The zero-order chi connectivity index (χ0) is 22.4. The molecule has 3 rings (SSSR count). The molecular weight excluding hydrogens is 440 g/mol. The highest BCUT2D eigenvalue weighted by Crippen LogP contribution is 2.32. The monoisotopic (exact) mass is 466 g/mol. The van der Waals surface area contributed by atoms with Crippen molar-refractivity contribution in [3.8, 4) is 11.5 Å². The highest BCUT2D eigenvalue weighted by atomic mass is 35.5. The molecule has 2 aromatic carbocycles. The fourth-order valence-electron chi connectivity index (χ4n) is 3.77. The summed E-state index contributed by atoms with van der Waals surface area (Å²) < 4.78 is 38.6. The Morgan fingerprint density at radius 3 is 2.48 bits per heavy atom. The van der Waals surface area contributed by atoms with Crippen molar-refractivity contribution in [2.75, 3.05) is 26.1 Å². The molecule has 9 heteroatoms. The van der Waals surface area contributed by atoms with E-state index in [-0.39, 0.29) is 22.5 Å². The van der Waals surface area contributed by atoms with Crippen molar-refractivity contribution in [3.05, 3.63) is 47.5 Å². The number of sulfonamides is 1. The second kappa shape index (κ2) is 10.3. The number of hydrogen-bond acceptors (Lipinski definition) is 5. The maximum atomic E-state index is 13.5. The Morgan fingerprint density at radius 1 is 1.10 bits per heavy atom. The van der Waals surface area contributed by atoms with Crippen molar-refractivity contribution in [2.45, 2.75) is 43.0 Å². The number of amides is 1. The van der Waals surface area contributed by atoms with Gasteiger partial charge in [-0.2, -0.15) is 4.31 Å². The van der Waals surface area contributed by atoms with Gasteiger partial charge in [0, 0.05) is 17.8 Å². The van der Waals surface area contributed by atoms with Crippen LogP contribution in [0, 0.1) is 0 Å². The molecule has 0 unspecified atom stereocenters. The summed E-state index contributed by atoms with van der Waals surface area (Å²) in [5.41, 5.74) is 0.540. The van der Waals surface area contributed by atoms with Crippen molar-refractivity contribution in [1.82, 2.24) is 4.31 Å². The molecule has 0 bridgehead atoms. The van der Waals surface area contributed by atoms with Gasteiger partial charge in [0.1, 0.15) is 11.5 Å². The molecule has 1 aliphatic rings. The predicted octanol–water partition coefficient (Wildman–Crippen LogP) is 4.32. The van der Waals surface area contributed by atoms with Crippen LogP contribution in [0.3, 0.4) is 0 Å². The standard InChI is InChI=1S/C22H27ClN2O5S/c1-29-18-10-6-7-16(13-18)24-22(26)15-25(17-8-4-3-5-9-17)31(27,28)19-11-12-21(30-2)20(23)14-19/h6-7,10-14,17H,3-5,8-9,15H2,1-2H3,(H,24,26). The lowest BCUT2D eigenvalue weighted by Gasteiger charge is -2.33. The molecule has 1 N–H and O–H groups in total. The number of halogens is 1. The Balaban J connectivity index is 1.86. The van der Waals surface area contributed by atoms with Crippen LogP contribution in [-0.2, 0) is 14.8 Å². The van der Waals surface area contributed by atoms with Crippen LogP contribution in [0.1, 0.15) is 32.1 Å². The number of hydrogen-bond donors (Lipinski definition) is 1. The Morgan fingerprint density at radius 2 is 1.84 bits per heavy atom. The van der Waals surface area contributed by atoms with E-state index in [1.54, 1.807) is 24.3 Å². The largest absolute Gasteiger partial charge is 0.497 e. The maximum absolute atomic E-state index is 13.5. The maximum Gasteiger partial charge on any atom is 0.243 e. The van der Waals surface area contributed by atoms with Crippen LogP contribution >= 0.6 is 11.6 Å². The second-order valence-corrected chi connectivity index (χ2v) is 9.72. The predicted molar refractivity (Wildman–Crippen MR) is 120 cm³/mol. The van der Waals surface area contributed by atoms with E-state index in [9.17, 15) is 13.2 Å². The Kier molecular flexibility index (Phi) is 7.80. The Bertz CT molecular complexity index is 1020. The lowest BCUT2D eigenvalue weighted by molar-refractivity contribution is -0.116. The molecule has 7 nitrogen and oxygen atoms in total. The molecule has 1 saturated carbocycles. The lowest BCUT2D eigenvalue weighted by Crippen LogP contribution is -2.45. The summed E-state index contributed by atoms with van der Waals surface area (Å²) in [6, 6.07) is 11.0. The first-order chi connectivity index (χ1) is 14.8. The van der Waals surface area contributed by atoms with Gasteiger partial charge in [-0.1, -0.05) is 36.9 Å². The first-order valence-corrected chi connectivity index (χ1v) is 12.0. The quantitative estimate of drug-likeness (QED) is 0.626. The van der Waals surface area contributed by atoms with Crippen LogP contribution < -0.4 is 14.8 Å². The van der Waals surface area contributed by atoms with E-state index in [1.807, 2.05) is 0 Å². The highest BCUT2D eigenvalue weighted by molar-refractivity contribution is 7.89. The van der Waals surface area contributed by atoms with E-state index in [2.05, 4.69) is 5.32 Å². The van der Waals surface area contributed by atoms with Crippen molar-refractivity contribution < 1.29 is 22.7 Å². The minimum atomic E-state index is -3.94. The SMILES string of the molecule is COc1cccc(NC(=O)CN(C2CCCCC2)S(=O)(=O)c2ccc(OC)c(Cl)c2)c1. The minimum absolute atomic E-state index is 0.0399. The summed E-state index contributed by atoms with van der Waals surface area (Å²) in [4.78, 5) is 12.8.